The van der Waals surface area contributed by atoms with E-state index in [1.54, 1.807) is 0 Å². The third-order valence-corrected chi connectivity index (χ3v) is 5.24. The first-order valence-electron chi connectivity index (χ1n) is 8.19. The zero-order valence-corrected chi connectivity index (χ0v) is 12.6. The lowest BCUT2D eigenvalue weighted by Crippen LogP contribution is -2.44. The highest BCUT2D eigenvalue weighted by Crippen LogP contribution is 2.32. The molecule has 0 aromatic rings. The average Bonchev–Trinajstić information content (AvgIpc) is 2.92. The molecular weight excluding hydrogens is 236 g/mol. The fraction of sp³-hybridized carbons (Fsp3) is 0.938. The number of nitrogens with two attached hydrogens (primary N) is 1. The van der Waals surface area contributed by atoms with Crippen molar-refractivity contribution in [1.29, 1.82) is 0 Å². The molecule has 0 radical (unpaired) electrons. The molecule has 3 heteroatoms. The number of rotatable bonds is 4. The largest absolute Gasteiger partial charge is 0.340 e. The van der Waals surface area contributed by atoms with Crippen molar-refractivity contribution in [3.63, 3.8) is 0 Å². The Labute approximate surface area is 117 Å². The number of hydrogen-bond acceptors (Lipinski definition) is 2. The lowest BCUT2D eigenvalue weighted by Gasteiger charge is -2.36. The predicted octanol–water partition coefficient (Wildman–Crippen LogP) is 2.93. The van der Waals surface area contributed by atoms with Crippen molar-refractivity contribution < 1.29 is 4.79 Å². The van der Waals surface area contributed by atoms with Crippen LogP contribution >= 0.6 is 0 Å². The van der Waals surface area contributed by atoms with Gasteiger partial charge in [-0.25, -0.2) is 0 Å². The van der Waals surface area contributed by atoms with E-state index >= 15 is 0 Å². The number of carbonyl (C=O) groups is 1. The van der Waals surface area contributed by atoms with Crippen LogP contribution in [0.1, 0.15) is 65.2 Å². The van der Waals surface area contributed by atoms with Gasteiger partial charge in [-0.1, -0.05) is 26.2 Å². The summed E-state index contributed by atoms with van der Waals surface area (Å²) < 4.78 is 0. The molecule has 2 saturated carbocycles. The molecule has 0 saturated heterocycles. The van der Waals surface area contributed by atoms with Crippen molar-refractivity contribution in [3.05, 3.63) is 0 Å². The second-order valence-electron chi connectivity index (χ2n) is 6.54. The van der Waals surface area contributed by atoms with Crippen LogP contribution in [-0.2, 0) is 4.79 Å². The van der Waals surface area contributed by atoms with Crippen molar-refractivity contribution in [2.45, 2.75) is 77.3 Å². The molecule has 1 amide bonds. The molecule has 0 aliphatic heterocycles. The summed E-state index contributed by atoms with van der Waals surface area (Å²) >= 11 is 0. The Morgan fingerprint density at radius 1 is 1.21 bits per heavy atom. The number of nitrogens with zero attached hydrogens (tertiary/aromatic N) is 1. The van der Waals surface area contributed by atoms with Gasteiger partial charge in [0.1, 0.15) is 0 Å². The molecule has 3 atom stereocenters. The summed E-state index contributed by atoms with van der Waals surface area (Å²) in [6, 6.07) is 0.827. The maximum atomic E-state index is 12.8. The highest BCUT2D eigenvalue weighted by atomic mass is 16.2. The number of hydrogen-bond donors (Lipinski definition) is 1. The Hall–Kier alpha value is -0.570. The first-order chi connectivity index (χ1) is 9.13. The van der Waals surface area contributed by atoms with E-state index < -0.39 is 0 Å². The number of amides is 1. The standard InChI is InChI=1S/C16H30N2O/c1-3-18(15-9-4-5-10-15)16(19)12(2)13-7-6-8-14(17)11-13/h12-15H,3-11,17H2,1-2H3. The lowest BCUT2D eigenvalue weighted by molar-refractivity contribution is -0.139. The van der Waals surface area contributed by atoms with Crippen LogP contribution in [-0.4, -0.2) is 29.4 Å². The van der Waals surface area contributed by atoms with Gasteiger partial charge < -0.3 is 10.6 Å². The molecule has 110 valence electrons. The first-order valence-corrected chi connectivity index (χ1v) is 8.19. The summed E-state index contributed by atoms with van der Waals surface area (Å²) in [5.74, 6) is 1.05. The van der Waals surface area contributed by atoms with Crippen LogP contribution in [0.15, 0.2) is 0 Å². The Kier molecular flexibility index (Phi) is 5.26. The third-order valence-electron chi connectivity index (χ3n) is 5.24. The monoisotopic (exact) mass is 266 g/mol. The van der Waals surface area contributed by atoms with E-state index in [1.165, 1.54) is 38.5 Å². The molecule has 0 bridgehead atoms. The van der Waals surface area contributed by atoms with Crippen molar-refractivity contribution in [2.75, 3.05) is 6.54 Å². The Bertz CT molecular complexity index is 299. The summed E-state index contributed by atoms with van der Waals surface area (Å²) in [7, 11) is 0. The van der Waals surface area contributed by atoms with Gasteiger partial charge in [-0.2, -0.15) is 0 Å². The minimum atomic E-state index is 0.159. The fourth-order valence-corrected chi connectivity index (χ4v) is 3.99. The molecule has 0 aromatic heterocycles. The molecule has 2 aliphatic carbocycles. The second-order valence-corrected chi connectivity index (χ2v) is 6.54. The van der Waals surface area contributed by atoms with Crippen molar-refractivity contribution >= 4 is 5.91 Å². The molecule has 3 nitrogen and oxygen atoms in total. The van der Waals surface area contributed by atoms with Gasteiger partial charge in [-0.3, -0.25) is 4.79 Å². The minimum Gasteiger partial charge on any atom is -0.340 e. The molecule has 2 N–H and O–H groups in total. The van der Waals surface area contributed by atoms with Gasteiger partial charge in [0.25, 0.3) is 0 Å². The fourth-order valence-electron chi connectivity index (χ4n) is 3.99. The van der Waals surface area contributed by atoms with E-state index in [2.05, 4.69) is 18.7 Å². The van der Waals surface area contributed by atoms with Crippen LogP contribution < -0.4 is 5.73 Å². The summed E-state index contributed by atoms with van der Waals surface area (Å²) in [6.07, 6.45) is 9.54. The van der Waals surface area contributed by atoms with Crippen LogP contribution in [0, 0.1) is 11.8 Å². The maximum absolute atomic E-state index is 12.8. The quantitative estimate of drug-likeness (QED) is 0.850. The number of carbonyl (C=O) groups excluding carboxylic acids is 1. The van der Waals surface area contributed by atoms with E-state index in [4.69, 9.17) is 5.73 Å². The molecule has 2 fully saturated rings. The Morgan fingerprint density at radius 2 is 1.89 bits per heavy atom. The molecule has 3 unspecified atom stereocenters. The third kappa shape index (κ3) is 3.50. The minimum absolute atomic E-state index is 0.159. The Morgan fingerprint density at radius 3 is 2.47 bits per heavy atom. The van der Waals surface area contributed by atoms with Gasteiger partial charge in [-0.15, -0.1) is 0 Å². The smallest absolute Gasteiger partial charge is 0.225 e. The molecule has 2 aliphatic rings. The maximum Gasteiger partial charge on any atom is 0.225 e. The van der Waals surface area contributed by atoms with E-state index in [0.717, 1.165) is 19.4 Å². The summed E-state index contributed by atoms with van der Waals surface area (Å²) in [6.45, 7) is 5.12. The summed E-state index contributed by atoms with van der Waals surface area (Å²) in [4.78, 5) is 14.9. The molecule has 0 aromatic carbocycles. The van der Waals surface area contributed by atoms with Crippen LogP contribution in [0.4, 0.5) is 0 Å². The van der Waals surface area contributed by atoms with Gasteiger partial charge >= 0.3 is 0 Å². The normalized spacial score (nSPS) is 30.3. The van der Waals surface area contributed by atoms with Crippen LogP contribution in [0.3, 0.4) is 0 Å². The van der Waals surface area contributed by atoms with Gasteiger partial charge in [0, 0.05) is 24.5 Å². The summed E-state index contributed by atoms with van der Waals surface area (Å²) in [5, 5.41) is 0. The van der Waals surface area contributed by atoms with Crippen molar-refractivity contribution in [3.8, 4) is 0 Å². The van der Waals surface area contributed by atoms with E-state index in [9.17, 15) is 4.79 Å². The topological polar surface area (TPSA) is 46.3 Å². The zero-order chi connectivity index (χ0) is 13.8. The van der Waals surface area contributed by atoms with Gasteiger partial charge in [-0.05, 0) is 44.9 Å². The average molecular weight is 266 g/mol. The van der Waals surface area contributed by atoms with E-state index in [-0.39, 0.29) is 5.92 Å². The zero-order valence-electron chi connectivity index (χ0n) is 12.6. The lowest BCUT2D eigenvalue weighted by atomic mass is 9.78. The molecule has 2 rings (SSSR count). The van der Waals surface area contributed by atoms with Crippen LogP contribution in [0.5, 0.6) is 0 Å². The van der Waals surface area contributed by atoms with Gasteiger partial charge in [0.15, 0.2) is 0 Å². The molecule has 19 heavy (non-hydrogen) atoms. The van der Waals surface area contributed by atoms with Crippen LogP contribution in [0.2, 0.25) is 0 Å². The van der Waals surface area contributed by atoms with Crippen molar-refractivity contribution in [1.82, 2.24) is 4.90 Å². The first kappa shape index (κ1) is 14.8. The second kappa shape index (κ2) is 6.74. The van der Waals surface area contributed by atoms with E-state index in [1.807, 2.05) is 0 Å². The highest BCUT2D eigenvalue weighted by molar-refractivity contribution is 5.79. The molecule has 0 spiro atoms. The van der Waals surface area contributed by atoms with Crippen LogP contribution in [0.25, 0.3) is 0 Å². The SMILES string of the molecule is CCN(C(=O)C(C)C1CCCC(N)C1)C1CCCC1. The summed E-state index contributed by atoms with van der Waals surface area (Å²) in [5.41, 5.74) is 6.07. The highest BCUT2D eigenvalue weighted by Gasteiger charge is 2.33. The van der Waals surface area contributed by atoms with Crippen molar-refractivity contribution in [2.24, 2.45) is 17.6 Å². The van der Waals surface area contributed by atoms with E-state index in [0.29, 0.717) is 23.9 Å². The molecular formula is C16H30N2O. The molecule has 0 heterocycles. The Balaban J connectivity index is 1.95. The predicted molar refractivity (Wildman–Crippen MR) is 78.7 cm³/mol. The van der Waals surface area contributed by atoms with Gasteiger partial charge in [0.2, 0.25) is 5.91 Å². The van der Waals surface area contributed by atoms with Gasteiger partial charge in [0.05, 0.1) is 0 Å².